The molecule has 0 atom stereocenters. The molecule has 1 aliphatic carbocycles. The van der Waals surface area contributed by atoms with E-state index < -0.39 is 0 Å². The summed E-state index contributed by atoms with van der Waals surface area (Å²) < 4.78 is 15.9. The second kappa shape index (κ2) is 8.78. The highest BCUT2D eigenvalue weighted by atomic mass is 16.5. The first-order chi connectivity index (χ1) is 17.1. The molecule has 4 heterocycles. The average molecular weight is 470 g/mol. The van der Waals surface area contributed by atoms with Gasteiger partial charge in [0.05, 0.1) is 24.0 Å². The molecule has 178 valence electrons. The third-order valence-corrected chi connectivity index (χ3v) is 6.81. The zero-order valence-electron chi connectivity index (χ0n) is 19.9. The molecular weight excluding hydrogens is 442 g/mol. The number of fused-ring (bicyclic) bond motifs is 5. The SMILES string of the molecule is C#Cc1ccc2c(c1)-c1nnc(COC3CCCCC3)n1Cc1c(-c3noc(C(C)C)n3)ncn1-2. The van der Waals surface area contributed by atoms with E-state index in [4.69, 9.17) is 15.7 Å². The van der Waals surface area contributed by atoms with Gasteiger partial charge in [0.15, 0.2) is 11.6 Å². The third-order valence-electron chi connectivity index (χ3n) is 6.81. The van der Waals surface area contributed by atoms with Crippen molar-refractivity contribution in [1.29, 1.82) is 0 Å². The minimum absolute atomic E-state index is 0.133. The van der Waals surface area contributed by atoms with Crippen LogP contribution in [0.25, 0.3) is 28.6 Å². The zero-order valence-corrected chi connectivity index (χ0v) is 19.9. The molecule has 2 aliphatic rings. The van der Waals surface area contributed by atoms with Gasteiger partial charge >= 0.3 is 0 Å². The number of ether oxygens (including phenoxy) is 1. The van der Waals surface area contributed by atoms with Crippen molar-refractivity contribution < 1.29 is 9.26 Å². The Labute approximate surface area is 203 Å². The first-order valence-electron chi connectivity index (χ1n) is 12.2. The van der Waals surface area contributed by atoms with Crippen molar-refractivity contribution in [3.8, 4) is 40.9 Å². The molecule has 9 nitrogen and oxygen atoms in total. The first-order valence-corrected chi connectivity index (χ1v) is 12.2. The van der Waals surface area contributed by atoms with Crippen molar-refractivity contribution in [2.24, 2.45) is 0 Å². The summed E-state index contributed by atoms with van der Waals surface area (Å²) in [6.07, 6.45) is 13.7. The molecular formula is C26H27N7O2. The Kier molecular flexibility index (Phi) is 5.46. The van der Waals surface area contributed by atoms with Gasteiger partial charge in [-0.1, -0.05) is 44.2 Å². The van der Waals surface area contributed by atoms with Gasteiger partial charge in [-0.05, 0) is 31.0 Å². The molecule has 1 aromatic carbocycles. The molecule has 9 heteroatoms. The van der Waals surface area contributed by atoms with Crippen molar-refractivity contribution >= 4 is 0 Å². The maximum atomic E-state index is 6.26. The molecule has 1 aliphatic heterocycles. The van der Waals surface area contributed by atoms with E-state index in [1.54, 1.807) is 6.33 Å². The lowest BCUT2D eigenvalue weighted by Crippen LogP contribution is -2.18. The van der Waals surface area contributed by atoms with Crippen LogP contribution in [0.3, 0.4) is 0 Å². The number of imidazole rings is 1. The van der Waals surface area contributed by atoms with Crippen LogP contribution in [0.2, 0.25) is 0 Å². The van der Waals surface area contributed by atoms with E-state index >= 15 is 0 Å². The fourth-order valence-electron chi connectivity index (χ4n) is 4.88. The van der Waals surface area contributed by atoms with Crippen molar-refractivity contribution in [2.75, 3.05) is 0 Å². The second-order valence-corrected chi connectivity index (χ2v) is 9.49. The number of rotatable bonds is 5. The van der Waals surface area contributed by atoms with Crippen molar-refractivity contribution in [1.82, 2.24) is 34.5 Å². The fourth-order valence-corrected chi connectivity index (χ4v) is 4.88. The van der Waals surface area contributed by atoms with E-state index in [1.165, 1.54) is 19.3 Å². The number of hydrogen-bond donors (Lipinski definition) is 0. The second-order valence-electron chi connectivity index (χ2n) is 9.49. The van der Waals surface area contributed by atoms with Crippen LogP contribution in [0.5, 0.6) is 0 Å². The van der Waals surface area contributed by atoms with Crippen molar-refractivity contribution in [3.63, 3.8) is 0 Å². The van der Waals surface area contributed by atoms with Crippen LogP contribution < -0.4 is 0 Å². The number of aromatic nitrogens is 7. The molecule has 3 aromatic heterocycles. The minimum Gasteiger partial charge on any atom is -0.370 e. The van der Waals surface area contributed by atoms with Gasteiger partial charge in [0.2, 0.25) is 11.7 Å². The highest BCUT2D eigenvalue weighted by Crippen LogP contribution is 2.35. The summed E-state index contributed by atoms with van der Waals surface area (Å²) >= 11 is 0. The summed E-state index contributed by atoms with van der Waals surface area (Å²) in [4.78, 5) is 9.28. The van der Waals surface area contributed by atoms with Gasteiger partial charge in [0.1, 0.15) is 18.6 Å². The monoisotopic (exact) mass is 469 g/mol. The van der Waals surface area contributed by atoms with Gasteiger partial charge in [0.25, 0.3) is 0 Å². The van der Waals surface area contributed by atoms with Gasteiger partial charge in [0, 0.05) is 17.0 Å². The maximum Gasteiger partial charge on any atom is 0.229 e. The summed E-state index contributed by atoms with van der Waals surface area (Å²) in [7, 11) is 0. The van der Waals surface area contributed by atoms with Crippen LogP contribution in [-0.4, -0.2) is 40.6 Å². The van der Waals surface area contributed by atoms with E-state index in [9.17, 15) is 0 Å². The first kappa shape index (κ1) is 21.7. The average Bonchev–Trinajstić information content (AvgIpc) is 3.61. The number of nitrogens with zero attached hydrogens (tertiary/aromatic N) is 7. The number of hydrogen-bond acceptors (Lipinski definition) is 7. The van der Waals surface area contributed by atoms with Crippen LogP contribution in [0.4, 0.5) is 0 Å². The lowest BCUT2D eigenvalue weighted by Gasteiger charge is -2.21. The van der Waals surface area contributed by atoms with E-state index in [0.29, 0.717) is 30.6 Å². The Morgan fingerprint density at radius 3 is 2.83 bits per heavy atom. The molecule has 0 amide bonds. The predicted octanol–water partition coefficient (Wildman–Crippen LogP) is 4.50. The molecule has 0 radical (unpaired) electrons. The van der Waals surface area contributed by atoms with Gasteiger partial charge in [-0.15, -0.1) is 16.6 Å². The minimum atomic E-state index is 0.133. The predicted molar refractivity (Wildman–Crippen MR) is 129 cm³/mol. The molecule has 0 bridgehead atoms. The molecule has 4 aromatic rings. The Balaban J connectivity index is 1.45. The van der Waals surface area contributed by atoms with Crippen LogP contribution in [0, 0.1) is 12.3 Å². The quantitative estimate of drug-likeness (QED) is 0.350. The molecule has 0 saturated heterocycles. The Morgan fingerprint density at radius 1 is 1.20 bits per heavy atom. The molecule has 0 spiro atoms. The van der Waals surface area contributed by atoms with Crippen LogP contribution in [0.15, 0.2) is 29.0 Å². The summed E-state index contributed by atoms with van der Waals surface area (Å²) in [5, 5.41) is 13.3. The lowest BCUT2D eigenvalue weighted by atomic mass is 9.98. The van der Waals surface area contributed by atoms with Crippen LogP contribution in [-0.2, 0) is 17.9 Å². The summed E-state index contributed by atoms with van der Waals surface area (Å²) in [6, 6.07) is 5.89. The highest BCUT2D eigenvalue weighted by molar-refractivity contribution is 5.72. The van der Waals surface area contributed by atoms with Gasteiger partial charge in [-0.25, -0.2) is 4.98 Å². The van der Waals surface area contributed by atoms with Crippen LogP contribution in [0.1, 0.15) is 74.8 Å². The number of benzene rings is 1. The van der Waals surface area contributed by atoms with E-state index in [0.717, 1.165) is 47.0 Å². The van der Waals surface area contributed by atoms with Crippen LogP contribution >= 0.6 is 0 Å². The highest BCUT2D eigenvalue weighted by Gasteiger charge is 2.28. The summed E-state index contributed by atoms with van der Waals surface area (Å²) in [5.41, 5.74) is 4.20. The van der Waals surface area contributed by atoms with Gasteiger partial charge in [-0.2, -0.15) is 4.98 Å². The normalized spacial score (nSPS) is 15.4. The Bertz CT molecular complexity index is 1420. The smallest absolute Gasteiger partial charge is 0.229 e. The Morgan fingerprint density at radius 2 is 2.06 bits per heavy atom. The van der Waals surface area contributed by atoms with Crippen molar-refractivity contribution in [2.45, 2.75) is 71.1 Å². The zero-order chi connectivity index (χ0) is 23.9. The molecule has 1 saturated carbocycles. The topological polar surface area (TPSA) is 96.7 Å². The fraction of sp³-hybridized carbons (Fsp3) is 0.423. The standard InChI is InChI=1S/C26H27N7O2/c1-4-17-10-11-20-19(12-17)25-30-29-22(14-34-18-8-6-5-7-9-18)32(25)13-21-23(27-15-33(20)21)24-28-26(16(2)3)35-31-24/h1,10-12,15-16,18H,5-9,13-14H2,2-3H3. The molecule has 0 N–H and O–H groups in total. The molecule has 0 unspecified atom stereocenters. The van der Waals surface area contributed by atoms with Crippen molar-refractivity contribution in [3.05, 3.63) is 47.5 Å². The van der Waals surface area contributed by atoms with Gasteiger partial charge < -0.3 is 13.8 Å². The van der Waals surface area contributed by atoms with E-state index in [2.05, 4.69) is 40.4 Å². The summed E-state index contributed by atoms with van der Waals surface area (Å²) in [5.74, 6) is 5.45. The molecule has 35 heavy (non-hydrogen) atoms. The number of terminal acetylenes is 1. The van der Waals surface area contributed by atoms with E-state index in [-0.39, 0.29) is 12.0 Å². The molecule has 1 fully saturated rings. The largest absolute Gasteiger partial charge is 0.370 e. The summed E-state index contributed by atoms with van der Waals surface area (Å²) in [6.45, 7) is 4.94. The van der Waals surface area contributed by atoms with Gasteiger partial charge in [-0.3, -0.25) is 4.57 Å². The Hall–Kier alpha value is -3.77. The van der Waals surface area contributed by atoms with E-state index in [1.807, 2.05) is 32.0 Å². The lowest BCUT2D eigenvalue weighted by molar-refractivity contribution is 0.0122. The molecule has 6 rings (SSSR count). The third kappa shape index (κ3) is 3.84. The maximum absolute atomic E-state index is 6.26.